The van der Waals surface area contributed by atoms with Gasteiger partial charge in [0.1, 0.15) is 0 Å². The minimum absolute atomic E-state index is 0. The number of nitrogens with two attached hydrogens (primary N) is 1. The quantitative estimate of drug-likeness (QED) is 0.526. The molecular formula is C17H37BrGeN2OS. The van der Waals surface area contributed by atoms with Crippen LogP contribution in [0.1, 0.15) is 54.4 Å². The molecule has 0 aromatic carbocycles. The van der Waals surface area contributed by atoms with Gasteiger partial charge in [0.05, 0.1) is 0 Å². The van der Waals surface area contributed by atoms with Gasteiger partial charge in [0.25, 0.3) is 0 Å². The molecule has 0 radical (unpaired) electrons. The van der Waals surface area contributed by atoms with Crippen LogP contribution in [0, 0.1) is 17.8 Å². The Morgan fingerprint density at radius 1 is 1.09 bits per heavy atom. The van der Waals surface area contributed by atoms with Crippen molar-refractivity contribution >= 4 is 45.3 Å². The summed E-state index contributed by atoms with van der Waals surface area (Å²) < 4.78 is 2.32. The Morgan fingerprint density at radius 2 is 1.57 bits per heavy atom. The summed E-state index contributed by atoms with van der Waals surface area (Å²) in [6, 6.07) is -0.318. The van der Waals surface area contributed by atoms with Crippen molar-refractivity contribution in [2.45, 2.75) is 70.9 Å². The van der Waals surface area contributed by atoms with Crippen molar-refractivity contribution in [1.82, 2.24) is 3.86 Å². The molecule has 1 rings (SSSR count). The molecule has 0 aromatic heterocycles. The van der Waals surface area contributed by atoms with E-state index in [1.165, 1.54) is 23.3 Å². The number of hydrogen-bond acceptors (Lipinski definition) is 3. The van der Waals surface area contributed by atoms with E-state index in [9.17, 15) is 4.79 Å². The normalized spacial score (nSPS) is 18.6. The van der Waals surface area contributed by atoms with E-state index in [4.69, 9.17) is 5.73 Å². The van der Waals surface area contributed by atoms with Gasteiger partial charge in [-0.05, 0) is 0 Å². The number of carbonyl (C=O) groups is 1. The summed E-state index contributed by atoms with van der Waals surface area (Å²) in [4.78, 5) is 12.9. The van der Waals surface area contributed by atoms with Crippen LogP contribution in [0.2, 0.25) is 10.5 Å². The predicted octanol–water partition coefficient (Wildman–Crippen LogP) is 4.66. The van der Waals surface area contributed by atoms with Crippen LogP contribution in [0.4, 0.5) is 0 Å². The van der Waals surface area contributed by atoms with E-state index < -0.39 is 12.3 Å². The standard InChI is InChI=1S/C17H36GeN2OS.BrH/c1-13(2)7-9-18(10-8-14(3)4)20(11-12-22-18)17(21)16(19)15(5)6;/h13-16H,7-12,19H2,1-6H3;1H. The number of rotatable bonds is 8. The molecule has 1 fully saturated rings. The predicted molar refractivity (Wildman–Crippen MR) is 112 cm³/mol. The molecule has 1 atom stereocenters. The van der Waals surface area contributed by atoms with Crippen molar-refractivity contribution in [2.24, 2.45) is 23.5 Å². The molecule has 3 nitrogen and oxygen atoms in total. The van der Waals surface area contributed by atoms with Crippen LogP contribution in [0.5, 0.6) is 0 Å². The van der Waals surface area contributed by atoms with Crippen molar-refractivity contribution < 1.29 is 4.79 Å². The summed E-state index contributed by atoms with van der Waals surface area (Å²) in [5, 5.41) is 2.57. The molecule has 1 aliphatic rings. The van der Waals surface area contributed by atoms with E-state index >= 15 is 0 Å². The van der Waals surface area contributed by atoms with Crippen molar-refractivity contribution in [3.05, 3.63) is 0 Å². The van der Waals surface area contributed by atoms with Gasteiger partial charge in [0, 0.05) is 0 Å². The molecular weight excluding hydrogens is 433 g/mol. The van der Waals surface area contributed by atoms with E-state index in [1.807, 2.05) is 0 Å². The van der Waals surface area contributed by atoms with E-state index in [1.54, 1.807) is 0 Å². The Balaban J connectivity index is 0.00000484. The van der Waals surface area contributed by atoms with Gasteiger partial charge in [-0.3, -0.25) is 0 Å². The van der Waals surface area contributed by atoms with Crippen LogP contribution in [-0.2, 0) is 4.79 Å². The van der Waals surface area contributed by atoms with Gasteiger partial charge < -0.3 is 0 Å². The molecule has 23 heavy (non-hydrogen) atoms. The molecule has 0 aliphatic carbocycles. The number of carbonyl (C=O) groups excluding carboxylic acids is 1. The van der Waals surface area contributed by atoms with Gasteiger partial charge in [-0.25, -0.2) is 0 Å². The first kappa shape index (κ1) is 23.8. The van der Waals surface area contributed by atoms with Crippen LogP contribution < -0.4 is 5.73 Å². The van der Waals surface area contributed by atoms with Crippen molar-refractivity contribution in [3.63, 3.8) is 0 Å². The van der Waals surface area contributed by atoms with Gasteiger partial charge in [-0.1, -0.05) is 0 Å². The third-order valence-electron chi connectivity index (χ3n) is 4.67. The van der Waals surface area contributed by atoms with Gasteiger partial charge in [0.2, 0.25) is 0 Å². The van der Waals surface area contributed by atoms with E-state index in [0.29, 0.717) is 0 Å². The molecule has 0 aromatic rings. The summed E-state index contributed by atoms with van der Waals surface area (Å²) >= 11 is -2.34. The minimum atomic E-state index is -2.34. The first-order valence-electron chi connectivity index (χ1n) is 8.90. The topological polar surface area (TPSA) is 46.3 Å². The van der Waals surface area contributed by atoms with Crippen molar-refractivity contribution in [3.8, 4) is 0 Å². The molecule has 1 unspecified atom stereocenters. The van der Waals surface area contributed by atoms with Crippen molar-refractivity contribution in [1.29, 1.82) is 0 Å². The second-order valence-corrected chi connectivity index (χ2v) is 21.6. The molecule has 138 valence electrons. The number of halogens is 1. The average molecular weight is 470 g/mol. The molecule has 0 saturated carbocycles. The molecule has 1 aliphatic heterocycles. The first-order chi connectivity index (χ1) is 10.2. The summed E-state index contributed by atoms with van der Waals surface area (Å²) in [5.41, 5.74) is 6.20. The Bertz CT molecular complexity index is 355. The summed E-state index contributed by atoms with van der Waals surface area (Å²) in [6.45, 7) is 14.2. The van der Waals surface area contributed by atoms with Crippen LogP contribution >= 0.6 is 27.1 Å². The number of hydrogen-bond donors (Lipinski definition) is 1. The van der Waals surface area contributed by atoms with Crippen LogP contribution in [0.3, 0.4) is 0 Å². The number of nitrogens with zero attached hydrogens (tertiary/aromatic N) is 1. The van der Waals surface area contributed by atoms with E-state index in [2.05, 4.69) is 55.5 Å². The molecule has 6 heteroatoms. The van der Waals surface area contributed by atoms with E-state index in [0.717, 1.165) is 24.1 Å². The fraction of sp³-hybridized carbons (Fsp3) is 0.941. The van der Waals surface area contributed by atoms with Gasteiger partial charge >= 0.3 is 144 Å². The summed E-state index contributed by atoms with van der Waals surface area (Å²) in [5.74, 6) is 3.05. The van der Waals surface area contributed by atoms with E-state index in [-0.39, 0.29) is 34.8 Å². The summed E-state index contributed by atoms with van der Waals surface area (Å²) in [6.07, 6.45) is 2.51. The third-order valence-corrected chi connectivity index (χ3v) is 21.0. The second kappa shape index (κ2) is 10.7. The fourth-order valence-electron chi connectivity index (χ4n) is 2.95. The Hall–Kier alpha value is 0.803. The van der Waals surface area contributed by atoms with Crippen molar-refractivity contribution in [2.75, 3.05) is 12.3 Å². The molecule has 2 N–H and O–H groups in total. The Labute approximate surface area is 160 Å². The molecule has 1 saturated heterocycles. The molecule has 1 amide bonds. The van der Waals surface area contributed by atoms with Crippen LogP contribution in [0.25, 0.3) is 0 Å². The first-order valence-corrected chi connectivity index (χ1v) is 16.4. The zero-order valence-electron chi connectivity index (χ0n) is 15.8. The molecule has 1 heterocycles. The Kier molecular flexibility index (Phi) is 11.1. The zero-order chi connectivity index (χ0) is 16.9. The maximum atomic E-state index is 12.9. The zero-order valence-corrected chi connectivity index (χ0v) is 20.4. The maximum absolute atomic E-state index is 12.9. The van der Waals surface area contributed by atoms with Gasteiger partial charge in [-0.2, -0.15) is 0 Å². The van der Waals surface area contributed by atoms with Crippen LogP contribution in [-0.4, -0.2) is 40.4 Å². The third kappa shape index (κ3) is 6.91. The monoisotopic (exact) mass is 470 g/mol. The fourth-order valence-corrected chi connectivity index (χ4v) is 20.5. The summed E-state index contributed by atoms with van der Waals surface area (Å²) in [7, 11) is 2.18. The average Bonchev–Trinajstić information content (AvgIpc) is 2.85. The SMILES string of the molecule is Br.CC(C)C[CH2][Ge]1([CH2]CC(C)C)[S]CC[N]1C(=O)C(N)C(C)C. The molecule has 0 bridgehead atoms. The van der Waals surface area contributed by atoms with Crippen LogP contribution in [0.15, 0.2) is 0 Å². The van der Waals surface area contributed by atoms with Gasteiger partial charge in [-0.15, -0.1) is 17.0 Å². The molecule has 0 spiro atoms. The second-order valence-electron chi connectivity index (χ2n) is 7.92. The Morgan fingerprint density at radius 3 is 1.96 bits per heavy atom. The van der Waals surface area contributed by atoms with Gasteiger partial charge in [0.15, 0.2) is 0 Å². The number of amides is 1.